The first-order chi connectivity index (χ1) is 7.42. The Kier molecular flexibility index (Phi) is 4.31. The number of halogens is 3. The highest BCUT2D eigenvalue weighted by Crippen LogP contribution is 2.12. The molecule has 1 aromatic rings. The molecule has 0 amide bonds. The van der Waals surface area contributed by atoms with E-state index >= 15 is 0 Å². The minimum Gasteiger partial charge on any atom is -0.259 e. The summed E-state index contributed by atoms with van der Waals surface area (Å²) in [6, 6.07) is 0. The number of sulfone groups is 1. The van der Waals surface area contributed by atoms with Crippen molar-refractivity contribution in [1.82, 2.24) is 9.97 Å². The Labute approximate surface area is 95.9 Å². The minimum absolute atomic E-state index is 0.0618. The molecule has 8 heteroatoms. The fourth-order valence-corrected chi connectivity index (χ4v) is 2.20. The van der Waals surface area contributed by atoms with Crippen LogP contribution in [0.3, 0.4) is 0 Å². The number of allylic oxidation sites excluding steroid dienone is 1. The standard InChI is InChI=1S/C8H7ClF2N2O2S/c9-6-4-12-5-8(13-6)16(14,15)3-1-2-7(10)11/h2,4-5H,1,3H2. The van der Waals surface area contributed by atoms with Crippen molar-refractivity contribution in [2.75, 3.05) is 5.75 Å². The van der Waals surface area contributed by atoms with Crippen molar-refractivity contribution in [2.45, 2.75) is 11.4 Å². The monoisotopic (exact) mass is 268 g/mol. The van der Waals surface area contributed by atoms with E-state index in [2.05, 4.69) is 9.97 Å². The van der Waals surface area contributed by atoms with Crippen LogP contribution in [0.2, 0.25) is 5.15 Å². The molecule has 0 aliphatic carbocycles. The maximum Gasteiger partial charge on any atom is 0.266 e. The topological polar surface area (TPSA) is 59.9 Å². The number of hydrogen-bond donors (Lipinski definition) is 0. The Morgan fingerprint density at radius 1 is 1.44 bits per heavy atom. The third kappa shape index (κ3) is 3.82. The van der Waals surface area contributed by atoms with Gasteiger partial charge in [-0.15, -0.1) is 0 Å². The molecule has 0 bridgehead atoms. The van der Waals surface area contributed by atoms with Gasteiger partial charge < -0.3 is 0 Å². The van der Waals surface area contributed by atoms with E-state index in [4.69, 9.17) is 11.6 Å². The summed E-state index contributed by atoms with van der Waals surface area (Å²) in [5, 5.41) is -0.374. The Bertz CT molecular complexity index is 501. The third-order valence-corrected chi connectivity index (χ3v) is 3.38. The maximum atomic E-state index is 11.7. The molecule has 1 aromatic heterocycles. The molecular weight excluding hydrogens is 262 g/mol. The number of nitrogens with zero attached hydrogens (tertiary/aromatic N) is 2. The van der Waals surface area contributed by atoms with Crippen LogP contribution in [0.4, 0.5) is 8.78 Å². The van der Waals surface area contributed by atoms with Gasteiger partial charge >= 0.3 is 0 Å². The molecule has 0 N–H and O–H groups in total. The molecule has 0 spiro atoms. The first kappa shape index (κ1) is 13.0. The van der Waals surface area contributed by atoms with Gasteiger partial charge in [-0.05, 0) is 12.5 Å². The Hall–Kier alpha value is -1.08. The average molecular weight is 269 g/mol. The normalized spacial score (nSPS) is 11.2. The van der Waals surface area contributed by atoms with E-state index in [0.717, 1.165) is 6.20 Å². The van der Waals surface area contributed by atoms with Gasteiger partial charge in [0.1, 0.15) is 5.15 Å². The highest BCUT2D eigenvalue weighted by molar-refractivity contribution is 7.91. The zero-order chi connectivity index (χ0) is 12.2. The van der Waals surface area contributed by atoms with Crippen LogP contribution < -0.4 is 0 Å². The lowest BCUT2D eigenvalue weighted by molar-refractivity contribution is 0.418. The van der Waals surface area contributed by atoms with Gasteiger partial charge in [-0.2, -0.15) is 8.78 Å². The van der Waals surface area contributed by atoms with Crippen molar-refractivity contribution in [3.8, 4) is 0 Å². The highest BCUT2D eigenvalue weighted by atomic mass is 35.5. The number of hydrogen-bond acceptors (Lipinski definition) is 4. The Morgan fingerprint density at radius 2 is 2.12 bits per heavy atom. The molecule has 1 rings (SSSR count). The van der Waals surface area contributed by atoms with E-state index in [9.17, 15) is 17.2 Å². The van der Waals surface area contributed by atoms with Crippen LogP contribution in [-0.2, 0) is 9.84 Å². The van der Waals surface area contributed by atoms with Crippen LogP contribution in [-0.4, -0.2) is 24.1 Å². The summed E-state index contributed by atoms with van der Waals surface area (Å²) in [5.41, 5.74) is 0. The second-order valence-corrected chi connectivity index (χ2v) is 5.22. The quantitative estimate of drug-likeness (QED) is 0.839. The Balaban J connectivity index is 2.83. The second kappa shape index (κ2) is 5.31. The SMILES string of the molecule is O=S(=O)(CCC=C(F)F)c1cncc(Cl)n1. The van der Waals surface area contributed by atoms with Crippen molar-refractivity contribution >= 4 is 21.4 Å². The number of aromatic nitrogens is 2. The number of rotatable bonds is 4. The van der Waals surface area contributed by atoms with Crippen LogP contribution in [0.25, 0.3) is 0 Å². The summed E-state index contributed by atoms with van der Waals surface area (Å²) in [6.07, 6.45) is 0.555. The smallest absolute Gasteiger partial charge is 0.259 e. The molecule has 0 aromatic carbocycles. The fourth-order valence-electron chi connectivity index (χ4n) is 0.903. The molecule has 0 unspecified atom stereocenters. The van der Waals surface area contributed by atoms with Gasteiger partial charge in [-0.1, -0.05) is 11.6 Å². The predicted octanol–water partition coefficient (Wildman–Crippen LogP) is 2.07. The van der Waals surface area contributed by atoms with Gasteiger partial charge in [0.25, 0.3) is 6.08 Å². The molecule has 1 heterocycles. The molecule has 0 aliphatic heterocycles. The van der Waals surface area contributed by atoms with E-state index in [1.165, 1.54) is 6.20 Å². The van der Waals surface area contributed by atoms with Crippen molar-refractivity contribution < 1.29 is 17.2 Å². The lowest BCUT2D eigenvalue weighted by Gasteiger charge is -2.00. The summed E-state index contributed by atoms with van der Waals surface area (Å²) >= 11 is 5.47. The van der Waals surface area contributed by atoms with Crippen molar-refractivity contribution in [1.29, 1.82) is 0 Å². The largest absolute Gasteiger partial charge is 0.266 e. The summed E-state index contributed by atoms with van der Waals surface area (Å²) in [7, 11) is -3.71. The molecular formula is C8H7ClF2N2O2S. The van der Waals surface area contributed by atoms with Crippen LogP contribution in [0.15, 0.2) is 29.6 Å². The van der Waals surface area contributed by atoms with Gasteiger partial charge in [0, 0.05) is 0 Å². The van der Waals surface area contributed by atoms with Gasteiger partial charge in [0.15, 0.2) is 14.9 Å². The van der Waals surface area contributed by atoms with Crippen LogP contribution in [0.5, 0.6) is 0 Å². The third-order valence-electron chi connectivity index (χ3n) is 1.59. The van der Waals surface area contributed by atoms with Crippen molar-refractivity contribution in [3.05, 3.63) is 29.7 Å². The summed E-state index contributed by atoms with van der Waals surface area (Å²) in [4.78, 5) is 7.11. The van der Waals surface area contributed by atoms with Gasteiger partial charge in [0.05, 0.1) is 18.1 Å². The zero-order valence-corrected chi connectivity index (χ0v) is 9.47. The molecule has 0 saturated carbocycles. The summed E-state index contributed by atoms with van der Waals surface area (Å²) in [5.74, 6) is -0.459. The highest BCUT2D eigenvalue weighted by Gasteiger charge is 2.16. The second-order valence-electron chi connectivity index (χ2n) is 2.78. The molecule has 0 atom stereocenters. The molecule has 4 nitrogen and oxygen atoms in total. The van der Waals surface area contributed by atoms with Crippen LogP contribution >= 0.6 is 11.6 Å². The predicted molar refractivity (Wildman–Crippen MR) is 54.0 cm³/mol. The van der Waals surface area contributed by atoms with E-state index < -0.39 is 21.7 Å². The molecule has 16 heavy (non-hydrogen) atoms. The summed E-state index contributed by atoms with van der Waals surface area (Å²) < 4.78 is 46.4. The van der Waals surface area contributed by atoms with Crippen LogP contribution in [0, 0.1) is 0 Å². The molecule has 0 radical (unpaired) electrons. The first-order valence-corrected chi connectivity index (χ1v) is 6.16. The van der Waals surface area contributed by atoms with E-state index in [1.54, 1.807) is 0 Å². The van der Waals surface area contributed by atoms with Crippen molar-refractivity contribution in [2.24, 2.45) is 0 Å². The molecule has 0 fully saturated rings. The molecule has 0 saturated heterocycles. The van der Waals surface area contributed by atoms with E-state index in [0.29, 0.717) is 6.08 Å². The van der Waals surface area contributed by atoms with E-state index in [-0.39, 0.29) is 16.6 Å². The lowest BCUT2D eigenvalue weighted by Crippen LogP contribution is -2.08. The first-order valence-electron chi connectivity index (χ1n) is 4.13. The van der Waals surface area contributed by atoms with Crippen molar-refractivity contribution in [3.63, 3.8) is 0 Å². The zero-order valence-electron chi connectivity index (χ0n) is 7.90. The fraction of sp³-hybridized carbons (Fsp3) is 0.250. The van der Waals surface area contributed by atoms with Gasteiger partial charge in [0.2, 0.25) is 0 Å². The minimum atomic E-state index is -3.71. The molecule has 0 aliphatic rings. The maximum absolute atomic E-state index is 11.7. The van der Waals surface area contributed by atoms with Gasteiger partial charge in [-0.3, -0.25) is 4.98 Å². The summed E-state index contributed by atoms with van der Waals surface area (Å²) in [6.45, 7) is 0. The van der Waals surface area contributed by atoms with Crippen LogP contribution in [0.1, 0.15) is 6.42 Å². The van der Waals surface area contributed by atoms with Gasteiger partial charge in [-0.25, -0.2) is 13.4 Å². The molecule has 88 valence electrons. The Morgan fingerprint density at radius 3 is 2.69 bits per heavy atom. The van der Waals surface area contributed by atoms with E-state index in [1.807, 2.05) is 0 Å². The average Bonchev–Trinajstić information content (AvgIpc) is 2.16. The lowest BCUT2D eigenvalue weighted by atomic mass is 10.5.